The lowest BCUT2D eigenvalue weighted by atomic mass is 10.3. The number of ether oxygens (including phenoxy) is 1. The molecule has 84 valence electrons. The predicted octanol–water partition coefficient (Wildman–Crippen LogP) is 0.608. The standard InChI is InChI=1S/C7H8BrNO5S/c1-13-7(10)4-2-6(15(9,11)12)14-5(4)3-8/h2H,3H2,1H3,(H2,9,11,12). The molecule has 8 heteroatoms. The molecule has 0 unspecified atom stereocenters. The Morgan fingerprint density at radius 1 is 1.67 bits per heavy atom. The average Bonchev–Trinajstić information content (AvgIpc) is 2.59. The molecule has 0 aliphatic heterocycles. The van der Waals surface area contributed by atoms with Gasteiger partial charge in [-0.25, -0.2) is 18.4 Å². The highest BCUT2D eigenvalue weighted by Gasteiger charge is 2.22. The molecule has 0 amide bonds. The fourth-order valence-corrected chi connectivity index (χ4v) is 1.84. The second kappa shape index (κ2) is 4.33. The number of nitrogens with two attached hydrogens (primary N) is 1. The van der Waals surface area contributed by atoms with Crippen LogP contribution in [0.3, 0.4) is 0 Å². The van der Waals surface area contributed by atoms with E-state index in [1.807, 2.05) is 0 Å². The molecule has 1 aromatic heterocycles. The highest BCUT2D eigenvalue weighted by Crippen LogP contribution is 2.21. The molecule has 1 aromatic rings. The van der Waals surface area contributed by atoms with Crippen LogP contribution in [0.25, 0.3) is 0 Å². The van der Waals surface area contributed by atoms with E-state index in [1.54, 1.807) is 0 Å². The summed E-state index contributed by atoms with van der Waals surface area (Å²) in [6.07, 6.45) is 0. The number of alkyl halides is 1. The number of furan rings is 1. The second-order valence-corrected chi connectivity index (χ2v) is 4.63. The lowest BCUT2D eigenvalue weighted by Gasteiger charge is -1.95. The maximum Gasteiger partial charge on any atom is 0.341 e. The molecule has 0 spiro atoms. The SMILES string of the molecule is COC(=O)c1cc(S(N)(=O)=O)oc1CBr. The lowest BCUT2D eigenvalue weighted by Crippen LogP contribution is -2.11. The Bertz CT molecular complexity index is 478. The van der Waals surface area contributed by atoms with E-state index in [2.05, 4.69) is 20.7 Å². The van der Waals surface area contributed by atoms with Gasteiger partial charge in [0.1, 0.15) is 11.3 Å². The zero-order valence-electron chi connectivity index (χ0n) is 7.69. The first-order valence-electron chi connectivity index (χ1n) is 3.70. The largest absolute Gasteiger partial charge is 0.465 e. The summed E-state index contributed by atoms with van der Waals surface area (Å²) >= 11 is 3.05. The summed E-state index contributed by atoms with van der Waals surface area (Å²) in [4.78, 5) is 11.2. The monoisotopic (exact) mass is 297 g/mol. The number of hydrogen-bond donors (Lipinski definition) is 1. The molecule has 6 nitrogen and oxygen atoms in total. The van der Waals surface area contributed by atoms with Gasteiger partial charge in [-0.15, -0.1) is 0 Å². The molecule has 0 fully saturated rings. The Kier molecular flexibility index (Phi) is 3.53. The molecular formula is C7H8BrNO5S. The van der Waals surface area contributed by atoms with E-state index in [0.717, 1.165) is 6.07 Å². The van der Waals surface area contributed by atoms with Crippen molar-refractivity contribution < 1.29 is 22.4 Å². The van der Waals surface area contributed by atoms with Gasteiger partial charge in [0.25, 0.3) is 10.0 Å². The fraction of sp³-hybridized carbons (Fsp3) is 0.286. The van der Waals surface area contributed by atoms with Gasteiger partial charge in [-0.1, -0.05) is 15.9 Å². The topological polar surface area (TPSA) is 99.6 Å². The highest BCUT2D eigenvalue weighted by molar-refractivity contribution is 9.08. The van der Waals surface area contributed by atoms with E-state index in [4.69, 9.17) is 9.56 Å². The summed E-state index contributed by atoms with van der Waals surface area (Å²) in [5.74, 6) is -0.519. The van der Waals surface area contributed by atoms with Crippen molar-refractivity contribution in [1.29, 1.82) is 0 Å². The molecule has 15 heavy (non-hydrogen) atoms. The van der Waals surface area contributed by atoms with Gasteiger partial charge in [-0.05, 0) is 0 Å². The quantitative estimate of drug-likeness (QED) is 0.651. The van der Waals surface area contributed by atoms with Gasteiger partial charge >= 0.3 is 5.97 Å². The molecule has 0 saturated carbocycles. The van der Waals surface area contributed by atoms with Crippen LogP contribution < -0.4 is 5.14 Å². The smallest absolute Gasteiger partial charge is 0.341 e. The maximum atomic E-state index is 11.2. The van der Waals surface area contributed by atoms with Crippen LogP contribution in [0.1, 0.15) is 16.1 Å². The minimum absolute atomic E-state index is 0.0402. The van der Waals surface area contributed by atoms with Crippen molar-refractivity contribution in [3.63, 3.8) is 0 Å². The minimum atomic E-state index is -3.95. The summed E-state index contributed by atoms with van der Waals surface area (Å²) in [5.41, 5.74) is 0.0402. The van der Waals surface area contributed by atoms with Crippen LogP contribution in [0.15, 0.2) is 15.6 Å². The van der Waals surface area contributed by atoms with Gasteiger partial charge in [0.15, 0.2) is 0 Å². The van der Waals surface area contributed by atoms with E-state index in [0.29, 0.717) is 0 Å². The van der Waals surface area contributed by atoms with Crippen LogP contribution in [-0.4, -0.2) is 21.5 Å². The molecule has 0 aliphatic carbocycles. The van der Waals surface area contributed by atoms with Gasteiger partial charge in [-0.3, -0.25) is 0 Å². The van der Waals surface area contributed by atoms with Crippen LogP contribution in [0.5, 0.6) is 0 Å². The average molecular weight is 298 g/mol. The van der Waals surface area contributed by atoms with Gasteiger partial charge in [-0.2, -0.15) is 0 Å². The molecular weight excluding hydrogens is 290 g/mol. The van der Waals surface area contributed by atoms with Gasteiger partial charge in [0.2, 0.25) is 5.09 Å². The third-order valence-corrected chi connectivity index (χ3v) is 2.86. The number of primary sulfonamides is 1. The Balaban J connectivity index is 3.29. The Morgan fingerprint density at radius 3 is 2.67 bits per heavy atom. The molecule has 0 saturated heterocycles. The van der Waals surface area contributed by atoms with Crippen molar-refractivity contribution in [2.75, 3.05) is 7.11 Å². The summed E-state index contributed by atoms with van der Waals surface area (Å²) in [6.45, 7) is 0. The van der Waals surface area contributed by atoms with E-state index < -0.39 is 21.1 Å². The van der Waals surface area contributed by atoms with Gasteiger partial charge < -0.3 is 9.15 Å². The lowest BCUT2D eigenvalue weighted by molar-refractivity contribution is 0.0598. The van der Waals surface area contributed by atoms with Gasteiger partial charge in [0.05, 0.1) is 12.4 Å². The minimum Gasteiger partial charge on any atom is -0.465 e. The van der Waals surface area contributed by atoms with Crippen molar-refractivity contribution in [1.82, 2.24) is 0 Å². The van der Waals surface area contributed by atoms with Crippen LogP contribution in [-0.2, 0) is 20.1 Å². The first-order chi connectivity index (χ1) is 6.90. The van der Waals surface area contributed by atoms with Crippen LogP contribution in [0.2, 0.25) is 0 Å². The number of methoxy groups -OCH3 is 1. The summed E-state index contributed by atoms with van der Waals surface area (Å²) < 4.78 is 31.2. The zero-order valence-corrected chi connectivity index (χ0v) is 10.1. The van der Waals surface area contributed by atoms with E-state index >= 15 is 0 Å². The van der Waals surface area contributed by atoms with Crippen molar-refractivity contribution in [2.45, 2.75) is 10.4 Å². The zero-order chi connectivity index (χ0) is 11.6. The number of carbonyl (C=O) groups excluding carboxylic acids is 1. The number of esters is 1. The Morgan fingerprint density at radius 2 is 2.27 bits per heavy atom. The fourth-order valence-electron chi connectivity index (χ4n) is 0.926. The molecule has 0 aliphatic rings. The number of halogens is 1. The Hall–Kier alpha value is -0.860. The van der Waals surface area contributed by atoms with E-state index in [1.165, 1.54) is 7.11 Å². The third kappa shape index (κ3) is 2.58. The number of rotatable bonds is 3. The maximum absolute atomic E-state index is 11.2. The first-order valence-corrected chi connectivity index (χ1v) is 6.36. The van der Waals surface area contributed by atoms with Crippen molar-refractivity contribution in [2.24, 2.45) is 5.14 Å². The molecule has 1 heterocycles. The Labute approximate surface area is 94.6 Å². The van der Waals surface area contributed by atoms with Crippen LogP contribution >= 0.6 is 15.9 Å². The third-order valence-electron chi connectivity index (χ3n) is 1.59. The molecule has 0 bridgehead atoms. The number of carbonyl (C=O) groups is 1. The van der Waals surface area contributed by atoms with Crippen molar-refractivity contribution >= 4 is 31.9 Å². The van der Waals surface area contributed by atoms with Crippen LogP contribution in [0, 0.1) is 0 Å². The molecule has 0 atom stereocenters. The number of sulfonamides is 1. The summed E-state index contributed by atoms with van der Waals surface area (Å²) in [7, 11) is -2.77. The van der Waals surface area contributed by atoms with Gasteiger partial charge in [0, 0.05) is 6.07 Å². The first kappa shape index (κ1) is 12.2. The summed E-state index contributed by atoms with van der Waals surface area (Å²) in [5, 5.41) is 4.57. The molecule has 0 aromatic carbocycles. The normalized spacial score (nSPS) is 11.4. The highest BCUT2D eigenvalue weighted by atomic mass is 79.9. The molecule has 1 rings (SSSR count). The second-order valence-electron chi connectivity index (χ2n) is 2.57. The molecule has 0 radical (unpaired) electrons. The van der Waals surface area contributed by atoms with Crippen molar-refractivity contribution in [3.05, 3.63) is 17.4 Å². The molecule has 2 N–H and O–H groups in total. The van der Waals surface area contributed by atoms with Crippen molar-refractivity contribution in [3.8, 4) is 0 Å². The summed E-state index contributed by atoms with van der Waals surface area (Å²) in [6, 6.07) is 1.04. The predicted molar refractivity (Wildman–Crippen MR) is 54.1 cm³/mol. The van der Waals surface area contributed by atoms with Crippen LogP contribution in [0.4, 0.5) is 0 Å². The van der Waals surface area contributed by atoms with E-state index in [9.17, 15) is 13.2 Å². The van der Waals surface area contributed by atoms with E-state index in [-0.39, 0.29) is 16.7 Å². The number of hydrogen-bond acceptors (Lipinski definition) is 5.